The number of amides is 2. The number of likely N-dealkylation sites (tertiary alicyclic amines) is 1. The Labute approximate surface area is 181 Å². The summed E-state index contributed by atoms with van der Waals surface area (Å²) in [5, 5.41) is 0. The van der Waals surface area contributed by atoms with Gasteiger partial charge in [0.2, 0.25) is 5.91 Å². The first kappa shape index (κ1) is 26.0. The highest BCUT2D eigenvalue weighted by Crippen LogP contribution is 2.31. The molecule has 0 aromatic heterocycles. The molecule has 7 nitrogen and oxygen atoms in total. The lowest BCUT2D eigenvalue weighted by molar-refractivity contribution is -0.155. The van der Waals surface area contributed by atoms with Crippen LogP contribution >= 0.6 is 0 Å². The van der Waals surface area contributed by atoms with E-state index in [0.717, 1.165) is 19.3 Å². The maximum Gasteiger partial charge on any atom is 0.410 e. The SMILES string of the molecule is CC/C=C/[C@H](CC)N(C(=O)[C@H]1[C@H](CC)CCN1C(=O)OC(C)(C)C)[C@@H](C)C(=O)OC. The fraction of sp³-hybridized carbons (Fsp3) is 0.783. The van der Waals surface area contributed by atoms with Crippen LogP contribution in [0.25, 0.3) is 0 Å². The van der Waals surface area contributed by atoms with Crippen molar-refractivity contribution in [2.24, 2.45) is 5.92 Å². The van der Waals surface area contributed by atoms with Gasteiger partial charge in [-0.15, -0.1) is 0 Å². The van der Waals surface area contributed by atoms with Crippen LogP contribution in [0.15, 0.2) is 12.2 Å². The fourth-order valence-electron chi connectivity index (χ4n) is 3.94. The van der Waals surface area contributed by atoms with Crippen LogP contribution in [0.1, 0.15) is 74.1 Å². The molecule has 0 aliphatic carbocycles. The van der Waals surface area contributed by atoms with E-state index in [2.05, 4.69) is 0 Å². The minimum Gasteiger partial charge on any atom is -0.467 e. The van der Waals surface area contributed by atoms with Crippen molar-refractivity contribution in [3.63, 3.8) is 0 Å². The zero-order chi connectivity index (χ0) is 23.1. The van der Waals surface area contributed by atoms with Crippen molar-refractivity contribution in [3.05, 3.63) is 12.2 Å². The van der Waals surface area contributed by atoms with Crippen molar-refractivity contribution in [2.45, 2.75) is 97.9 Å². The van der Waals surface area contributed by atoms with Gasteiger partial charge in [0.15, 0.2) is 0 Å². The van der Waals surface area contributed by atoms with Crippen LogP contribution < -0.4 is 0 Å². The first-order valence-corrected chi connectivity index (χ1v) is 11.1. The molecule has 4 atom stereocenters. The van der Waals surface area contributed by atoms with Gasteiger partial charge in [0.25, 0.3) is 0 Å². The third-order valence-electron chi connectivity index (χ3n) is 5.51. The largest absolute Gasteiger partial charge is 0.467 e. The van der Waals surface area contributed by atoms with Crippen molar-refractivity contribution < 1.29 is 23.9 Å². The lowest BCUT2D eigenvalue weighted by Gasteiger charge is -2.38. The second kappa shape index (κ2) is 11.4. The molecule has 0 saturated carbocycles. The Bertz CT molecular complexity index is 626. The summed E-state index contributed by atoms with van der Waals surface area (Å²) in [6.07, 6.45) is 6.45. The summed E-state index contributed by atoms with van der Waals surface area (Å²) in [6.45, 7) is 13.6. The Kier molecular flexibility index (Phi) is 9.85. The van der Waals surface area contributed by atoms with Gasteiger partial charge >= 0.3 is 12.1 Å². The summed E-state index contributed by atoms with van der Waals surface area (Å²) >= 11 is 0. The van der Waals surface area contributed by atoms with Crippen LogP contribution in [-0.4, -0.2) is 65.2 Å². The summed E-state index contributed by atoms with van der Waals surface area (Å²) in [5.74, 6) is -0.678. The van der Waals surface area contributed by atoms with Crippen molar-refractivity contribution >= 4 is 18.0 Å². The number of carbonyl (C=O) groups excluding carboxylic acids is 3. The van der Waals surface area contributed by atoms with Gasteiger partial charge in [-0.25, -0.2) is 9.59 Å². The van der Waals surface area contributed by atoms with Gasteiger partial charge in [-0.3, -0.25) is 9.69 Å². The number of ether oxygens (including phenoxy) is 2. The molecule has 0 bridgehead atoms. The number of hydrogen-bond acceptors (Lipinski definition) is 5. The summed E-state index contributed by atoms with van der Waals surface area (Å²) in [4.78, 5) is 42.2. The van der Waals surface area contributed by atoms with E-state index in [1.165, 1.54) is 12.0 Å². The van der Waals surface area contributed by atoms with E-state index in [1.54, 1.807) is 11.8 Å². The summed E-state index contributed by atoms with van der Waals surface area (Å²) in [5.41, 5.74) is -0.649. The fourth-order valence-corrected chi connectivity index (χ4v) is 3.94. The van der Waals surface area contributed by atoms with Crippen LogP contribution in [0.5, 0.6) is 0 Å². The second-order valence-electron chi connectivity index (χ2n) is 8.83. The molecule has 0 aromatic rings. The van der Waals surface area contributed by atoms with Crippen LogP contribution in [0.2, 0.25) is 0 Å². The summed E-state index contributed by atoms with van der Waals surface area (Å²) in [6, 6.07) is -1.67. The normalized spacial score (nSPS) is 21.4. The number of methoxy groups -OCH3 is 1. The lowest BCUT2D eigenvalue weighted by Crippen LogP contribution is -2.57. The molecule has 0 radical (unpaired) electrons. The average Bonchev–Trinajstić information content (AvgIpc) is 3.12. The third kappa shape index (κ3) is 6.47. The van der Waals surface area contributed by atoms with Gasteiger partial charge < -0.3 is 14.4 Å². The quantitative estimate of drug-likeness (QED) is 0.432. The minimum absolute atomic E-state index is 0.0185. The minimum atomic E-state index is -0.757. The predicted octanol–water partition coefficient (Wildman–Crippen LogP) is 4.16. The number of esters is 1. The number of rotatable bonds is 8. The average molecular weight is 425 g/mol. The van der Waals surface area contributed by atoms with Crippen molar-refractivity contribution in [2.75, 3.05) is 13.7 Å². The Morgan fingerprint density at radius 2 is 1.83 bits per heavy atom. The molecule has 0 unspecified atom stereocenters. The zero-order valence-corrected chi connectivity index (χ0v) is 19.9. The van der Waals surface area contributed by atoms with Gasteiger partial charge in [-0.1, -0.05) is 39.3 Å². The van der Waals surface area contributed by atoms with E-state index >= 15 is 0 Å². The monoisotopic (exact) mass is 424 g/mol. The number of nitrogens with zero attached hydrogens (tertiary/aromatic N) is 2. The van der Waals surface area contributed by atoms with Gasteiger partial charge in [0.1, 0.15) is 17.7 Å². The number of carbonyl (C=O) groups is 3. The molecular formula is C23H40N2O5. The van der Waals surface area contributed by atoms with Gasteiger partial charge in [-0.05, 0) is 52.9 Å². The van der Waals surface area contributed by atoms with E-state index in [4.69, 9.17) is 9.47 Å². The van der Waals surface area contributed by atoms with E-state index in [1.807, 2.05) is 53.7 Å². The molecule has 1 aliphatic rings. The first-order valence-electron chi connectivity index (χ1n) is 11.1. The van der Waals surface area contributed by atoms with Crippen molar-refractivity contribution in [3.8, 4) is 0 Å². The first-order chi connectivity index (χ1) is 14.0. The Balaban J connectivity index is 3.34. The highest BCUT2D eigenvalue weighted by atomic mass is 16.6. The molecule has 30 heavy (non-hydrogen) atoms. The zero-order valence-electron chi connectivity index (χ0n) is 19.9. The van der Waals surface area contributed by atoms with Crippen LogP contribution in [0, 0.1) is 5.92 Å². The highest BCUT2D eigenvalue weighted by Gasteiger charge is 2.46. The molecule has 1 aliphatic heterocycles. The molecule has 7 heteroatoms. The molecule has 1 rings (SSSR count). The Morgan fingerprint density at radius 1 is 1.20 bits per heavy atom. The number of allylic oxidation sites excluding steroid dienone is 1. The molecule has 172 valence electrons. The maximum absolute atomic E-state index is 13.9. The van der Waals surface area contributed by atoms with E-state index in [0.29, 0.717) is 13.0 Å². The molecule has 0 N–H and O–H groups in total. The van der Waals surface area contributed by atoms with Gasteiger partial charge in [-0.2, -0.15) is 0 Å². The topological polar surface area (TPSA) is 76.2 Å². The predicted molar refractivity (Wildman–Crippen MR) is 117 cm³/mol. The molecular weight excluding hydrogens is 384 g/mol. The summed E-state index contributed by atoms with van der Waals surface area (Å²) < 4.78 is 10.5. The second-order valence-corrected chi connectivity index (χ2v) is 8.83. The molecule has 2 amide bonds. The molecule has 0 aromatic carbocycles. The highest BCUT2D eigenvalue weighted by molar-refractivity contribution is 5.90. The molecule has 1 heterocycles. The van der Waals surface area contributed by atoms with E-state index < -0.39 is 29.7 Å². The third-order valence-corrected chi connectivity index (χ3v) is 5.51. The van der Waals surface area contributed by atoms with E-state index in [9.17, 15) is 14.4 Å². The van der Waals surface area contributed by atoms with Gasteiger partial charge in [0, 0.05) is 6.54 Å². The van der Waals surface area contributed by atoms with Crippen LogP contribution in [0.3, 0.4) is 0 Å². The number of hydrogen-bond donors (Lipinski definition) is 0. The molecule has 1 saturated heterocycles. The Hall–Kier alpha value is -2.05. The van der Waals surface area contributed by atoms with Crippen molar-refractivity contribution in [1.29, 1.82) is 0 Å². The van der Waals surface area contributed by atoms with Crippen LogP contribution in [0.4, 0.5) is 4.79 Å². The van der Waals surface area contributed by atoms with Crippen molar-refractivity contribution in [1.82, 2.24) is 9.80 Å². The van der Waals surface area contributed by atoms with E-state index in [-0.39, 0.29) is 17.9 Å². The van der Waals surface area contributed by atoms with Crippen LogP contribution in [-0.2, 0) is 19.1 Å². The summed E-state index contributed by atoms with van der Waals surface area (Å²) in [7, 11) is 1.32. The lowest BCUT2D eigenvalue weighted by atomic mass is 9.95. The smallest absolute Gasteiger partial charge is 0.410 e. The molecule has 1 fully saturated rings. The molecule has 0 spiro atoms. The Morgan fingerprint density at radius 3 is 2.30 bits per heavy atom. The maximum atomic E-state index is 13.9. The van der Waals surface area contributed by atoms with Gasteiger partial charge in [0.05, 0.1) is 13.2 Å². The standard InChI is InChI=1S/C23H40N2O5/c1-9-12-13-18(11-3)25(16(4)21(27)29-8)20(26)19-17(10-2)14-15-24(19)22(28)30-23(5,6)7/h12-13,16-19H,9-11,14-15H2,1-8H3/b13-12+/t16-,17+,18-,19+/m0/s1.